The third-order valence-corrected chi connectivity index (χ3v) is 3.67. The second kappa shape index (κ2) is 4.87. The van der Waals surface area contributed by atoms with Crippen LogP contribution in [0.4, 0.5) is 11.1 Å². The zero-order chi connectivity index (χ0) is 14.1. The van der Waals surface area contributed by atoms with Crippen LogP contribution >= 0.6 is 11.3 Å². The summed E-state index contributed by atoms with van der Waals surface area (Å²) in [4.78, 5) is 12.9. The predicted molar refractivity (Wildman–Crippen MR) is 79.1 cm³/mol. The summed E-state index contributed by atoms with van der Waals surface area (Å²) < 4.78 is 1.11. The van der Waals surface area contributed by atoms with E-state index < -0.39 is 0 Å². The van der Waals surface area contributed by atoms with Gasteiger partial charge in [-0.1, -0.05) is 17.4 Å². The number of nitrogens with one attached hydrogen (secondary N) is 1. The number of thiazole rings is 1. The summed E-state index contributed by atoms with van der Waals surface area (Å²) in [6.07, 6.45) is 0. The van der Waals surface area contributed by atoms with Crippen LogP contribution in [0, 0.1) is 25.2 Å². The standard InChI is InChI=1S/C14H11N5S/c1-8-3-4-11-12(5-8)20-14(18-11)19-13-16-9(2)6-10(7-15)17-13/h3-6H,1-2H3,(H,16,17,18,19). The summed E-state index contributed by atoms with van der Waals surface area (Å²) >= 11 is 1.54. The number of aromatic nitrogens is 3. The molecule has 0 saturated heterocycles. The lowest BCUT2D eigenvalue weighted by Gasteiger charge is -2.01. The molecule has 6 heteroatoms. The van der Waals surface area contributed by atoms with Crippen LogP contribution in [0.25, 0.3) is 10.2 Å². The topological polar surface area (TPSA) is 74.5 Å². The van der Waals surface area contributed by atoms with Crippen LogP contribution in [0.5, 0.6) is 0 Å². The molecule has 5 nitrogen and oxygen atoms in total. The average molecular weight is 281 g/mol. The van der Waals surface area contributed by atoms with Gasteiger partial charge in [0.15, 0.2) is 5.13 Å². The van der Waals surface area contributed by atoms with E-state index in [-0.39, 0.29) is 0 Å². The Bertz CT molecular complexity index is 831. The lowest BCUT2D eigenvalue weighted by Crippen LogP contribution is -1.99. The van der Waals surface area contributed by atoms with Gasteiger partial charge in [-0.05, 0) is 37.6 Å². The lowest BCUT2D eigenvalue weighted by molar-refractivity contribution is 1.08. The highest BCUT2D eigenvalue weighted by atomic mass is 32.1. The Balaban J connectivity index is 1.97. The van der Waals surface area contributed by atoms with Crippen LogP contribution in [0.15, 0.2) is 24.3 Å². The van der Waals surface area contributed by atoms with Crippen molar-refractivity contribution >= 4 is 32.6 Å². The number of hydrogen-bond donors (Lipinski definition) is 1. The molecule has 3 rings (SSSR count). The van der Waals surface area contributed by atoms with Crippen molar-refractivity contribution < 1.29 is 0 Å². The van der Waals surface area contributed by atoms with Crippen molar-refractivity contribution in [2.45, 2.75) is 13.8 Å². The van der Waals surface area contributed by atoms with Gasteiger partial charge in [0.1, 0.15) is 11.8 Å². The van der Waals surface area contributed by atoms with Crippen molar-refractivity contribution in [3.8, 4) is 6.07 Å². The second-order valence-corrected chi connectivity index (χ2v) is 5.48. The molecule has 0 amide bonds. The third-order valence-electron chi connectivity index (χ3n) is 2.73. The number of nitrogens with zero attached hydrogens (tertiary/aromatic N) is 4. The Morgan fingerprint density at radius 2 is 2.00 bits per heavy atom. The number of hydrogen-bond acceptors (Lipinski definition) is 6. The molecule has 0 bridgehead atoms. The molecule has 0 atom stereocenters. The molecule has 0 spiro atoms. The van der Waals surface area contributed by atoms with Gasteiger partial charge in [-0.15, -0.1) is 0 Å². The Hall–Kier alpha value is -2.52. The molecule has 1 aromatic carbocycles. The molecule has 0 unspecified atom stereocenters. The molecular weight excluding hydrogens is 270 g/mol. The van der Waals surface area contributed by atoms with Gasteiger partial charge in [0.25, 0.3) is 0 Å². The summed E-state index contributed by atoms with van der Waals surface area (Å²) in [5.41, 5.74) is 3.23. The molecule has 1 N–H and O–H groups in total. The van der Waals surface area contributed by atoms with Gasteiger partial charge in [0, 0.05) is 5.69 Å². The fourth-order valence-electron chi connectivity index (χ4n) is 1.86. The lowest BCUT2D eigenvalue weighted by atomic mass is 10.2. The summed E-state index contributed by atoms with van der Waals surface area (Å²) in [7, 11) is 0. The summed E-state index contributed by atoms with van der Waals surface area (Å²) in [6.45, 7) is 3.88. The highest BCUT2D eigenvalue weighted by Gasteiger charge is 2.07. The van der Waals surface area contributed by atoms with Crippen LogP contribution < -0.4 is 5.32 Å². The minimum atomic E-state index is 0.344. The number of fused-ring (bicyclic) bond motifs is 1. The first kappa shape index (κ1) is 12.5. The average Bonchev–Trinajstić information content (AvgIpc) is 2.79. The van der Waals surface area contributed by atoms with Crippen molar-refractivity contribution in [2.75, 3.05) is 5.32 Å². The van der Waals surface area contributed by atoms with E-state index in [0.29, 0.717) is 11.6 Å². The van der Waals surface area contributed by atoms with E-state index in [2.05, 4.69) is 33.3 Å². The quantitative estimate of drug-likeness (QED) is 0.780. The van der Waals surface area contributed by atoms with Crippen LogP contribution in [0.3, 0.4) is 0 Å². The zero-order valence-electron chi connectivity index (χ0n) is 11.0. The van der Waals surface area contributed by atoms with Crippen molar-refractivity contribution in [1.29, 1.82) is 5.26 Å². The molecule has 0 aliphatic rings. The molecule has 2 aromatic heterocycles. The number of aryl methyl sites for hydroxylation is 2. The van der Waals surface area contributed by atoms with E-state index in [1.807, 2.05) is 25.1 Å². The van der Waals surface area contributed by atoms with Gasteiger partial charge < -0.3 is 0 Å². The van der Waals surface area contributed by atoms with Crippen LogP contribution in [0.1, 0.15) is 17.0 Å². The maximum atomic E-state index is 8.92. The summed E-state index contributed by atoms with van der Waals surface area (Å²) in [5.74, 6) is 0.400. The van der Waals surface area contributed by atoms with Crippen molar-refractivity contribution in [2.24, 2.45) is 0 Å². The molecule has 2 heterocycles. The fourth-order valence-corrected chi connectivity index (χ4v) is 2.82. The number of rotatable bonds is 2. The first-order valence-corrected chi connectivity index (χ1v) is 6.86. The highest BCUT2D eigenvalue weighted by molar-refractivity contribution is 7.22. The minimum Gasteiger partial charge on any atom is -0.300 e. The first-order valence-electron chi connectivity index (χ1n) is 6.04. The van der Waals surface area contributed by atoms with E-state index >= 15 is 0 Å². The Kier molecular flexibility index (Phi) is 3.05. The van der Waals surface area contributed by atoms with E-state index in [1.165, 1.54) is 5.56 Å². The molecule has 98 valence electrons. The van der Waals surface area contributed by atoms with E-state index in [1.54, 1.807) is 17.4 Å². The van der Waals surface area contributed by atoms with Crippen molar-refractivity contribution in [3.63, 3.8) is 0 Å². The first-order chi connectivity index (χ1) is 9.64. The maximum Gasteiger partial charge on any atom is 0.230 e. The van der Waals surface area contributed by atoms with Gasteiger partial charge in [0.2, 0.25) is 5.95 Å². The van der Waals surface area contributed by atoms with Crippen molar-refractivity contribution in [1.82, 2.24) is 15.0 Å². The maximum absolute atomic E-state index is 8.92. The molecule has 3 aromatic rings. The monoisotopic (exact) mass is 281 g/mol. The smallest absolute Gasteiger partial charge is 0.230 e. The van der Waals surface area contributed by atoms with Gasteiger partial charge in [0.05, 0.1) is 10.2 Å². The van der Waals surface area contributed by atoms with Gasteiger partial charge in [-0.25, -0.2) is 15.0 Å². The number of anilines is 2. The number of benzene rings is 1. The predicted octanol–water partition coefficient (Wildman–Crippen LogP) is 3.32. The van der Waals surface area contributed by atoms with Gasteiger partial charge in [-0.3, -0.25) is 5.32 Å². The second-order valence-electron chi connectivity index (χ2n) is 4.45. The Morgan fingerprint density at radius 1 is 1.15 bits per heavy atom. The molecule has 0 aliphatic heterocycles. The molecular formula is C14H11N5S. The molecule has 0 radical (unpaired) electrons. The molecule has 0 saturated carbocycles. The number of nitriles is 1. The fraction of sp³-hybridized carbons (Fsp3) is 0.143. The highest BCUT2D eigenvalue weighted by Crippen LogP contribution is 2.28. The van der Waals surface area contributed by atoms with Gasteiger partial charge >= 0.3 is 0 Å². The van der Waals surface area contributed by atoms with E-state index in [4.69, 9.17) is 5.26 Å². The molecule has 0 fully saturated rings. The Labute approximate surface area is 120 Å². The van der Waals surface area contributed by atoms with Crippen LogP contribution in [0.2, 0.25) is 0 Å². The third kappa shape index (κ3) is 2.44. The summed E-state index contributed by atoms with van der Waals surface area (Å²) in [6, 6.07) is 9.78. The van der Waals surface area contributed by atoms with Gasteiger partial charge in [-0.2, -0.15) is 5.26 Å². The van der Waals surface area contributed by atoms with E-state index in [9.17, 15) is 0 Å². The zero-order valence-corrected chi connectivity index (χ0v) is 11.8. The van der Waals surface area contributed by atoms with Crippen LogP contribution in [-0.4, -0.2) is 15.0 Å². The molecule has 0 aliphatic carbocycles. The van der Waals surface area contributed by atoms with E-state index in [0.717, 1.165) is 21.0 Å². The molecule has 20 heavy (non-hydrogen) atoms. The van der Waals surface area contributed by atoms with Crippen molar-refractivity contribution in [3.05, 3.63) is 41.2 Å². The normalized spacial score (nSPS) is 10.4. The minimum absolute atomic E-state index is 0.344. The Morgan fingerprint density at radius 3 is 2.80 bits per heavy atom. The summed E-state index contributed by atoms with van der Waals surface area (Å²) in [5, 5.41) is 12.7. The van der Waals surface area contributed by atoms with Crippen LogP contribution in [-0.2, 0) is 0 Å². The largest absolute Gasteiger partial charge is 0.300 e. The SMILES string of the molecule is Cc1ccc2nc(Nc3nc(C)cc(C#N)n3)sc2c1.